The quantitative estimate of drug-likeness (QED) is 0.642. The van der Waals surface area contributed by atoms with Crippen LogP contribution in [0.3, 0.4) is 0 Å². The molecule has 1 aliphatic heterocycles. The van der Waals surface area contributed by atoms with E-state index in [1.165, 1.54) is 17.2 Å². The smallest absolute Gasteiger partial charge is 0.119 e. The maximum absolute atomic E-state index is 6.36. The van der Waals surface area contributed by atoms with Gasteiger partial charge in [-0.3, -0.25) is 4.90 Å². The molecule has 1 fully saturated rings. The Kier molecular flexibility index (Phi) is 5.57. The van der Waals surface area contributed by atoms with Crippen molar-refractivity contribution in [3.05, 3.63) is 59.2 Å². The number of methoxy groups -OCH3 is 1. The molecule has 0 bridgehead atoms. The van der Waals surface area contributed by atoms with Crippen LogP contribution in [0.4, 0.5) is 5.69 Å². The zero-order valence-corrected chi connectivity index (χ0v) is 16.7. The number of aromatic nitrogens is 2. The molecule has 0 saturated carbocycles. The Balaban J connectivity index is 1.40. The fourth-order valence-electron chi connectivity index (χ4n) is 3.33. The van der Waals surface area contributed by atoms with E-state index in [0.29, 0.717) is 0 Å². The maximum Gasteiger partial charge on any atom is 0.119 e. The van der Waals surface area contributed by atoms with Gasteiger partial charge in [-0.2, -0.15) is 0 Å². The van der Waals surface area contributed by atoms with Crippen LogP contribution in [0.5, 0.6) is 5.75 Å². The van der Waals surface area contributed by atoms with Crippen LogP contribution in [-0.4, -0.2) is 47.8 Å². The first-order valence-corrected chi connectivity index (χ1v) is 10.1. The molecule has 140 valence electrons. The number of benzene rings is 2. The van der Waals surface area contributed by atoms with E-state index in [9.17, 15) is 0 Å². The lowest BCUT2D eigenvalue weighted by molar-refractivity contribution is 0.247. The van der Waals surface area contributed by atoms with Gasteiger partial charge in [0.1, 0.15) is 5.75 Å². The van der Waals surface area contributed by atoms with Gasteiger partial charge in [-0.15, -0.1) is 5.10 Å². The molecule has 2 aromatic carbocycles. The van der Waals surface area contributed by atoms with Crippen LogP contribution in [0.1, 0.15) is 5.69 Å². The summed E-state index contributed by atoms with van der Waals surface area (Å²) in [7, 11) is 1.69. The average Bonchev–Trinajstić information content (AvgIpc) is 3.17. The Labute approximate surface area is 168 Å². The van der Waals surface area contributed by atoms with Crippen LogP contribution < -0.4 is 9.64 Å². The topological polar surface area (TPSA) is 41.5 Å². The van der Waals surface area contributed by atoms with Crippen LogP contribution in [0.15, 0.2) is 48.5 Å². The van der Waals surface area contributed by atoms with Crippen LogP contribution in [0, 0.1) is 0 Å². The van der Waals surface area contributed by atoms with Crippen LogP contribution in [0.2, 0.25) is 5.02 Å². The molecule has 0 aliphatic carbocycles. The number of hydrogen-bond acceptors (Lipinski definition) is 6. The predicted octanol–water partition coefficient (Wildman–Crippen LogP) is 4.19. The van der Waals surface area contributed by atoms with E-state index in [0.717, 1.165) is 59.6 Å². The lowest BCUT2D eigenvalue weighted by Crippen LogP contribution is -2.46. The molecule has 1 aliphatic rings. The Morgan fingerprint density at radius 2 is 1.78 bits per heavy atom. The predicted molar refractivity (Wildman–Crippen MR) is 111 cm³/mol. The highest BCUT2D eigenvalue weighted by Crippen LogP contribution is 2.33. The summed E-state index contributed by atoms with van der Waals surface area (Å²) in [6.07, 6.45) is 0. The van der Waals surface area contributed by atoms with Crippen molar-refractivity contribution >= 4 is 28.8 Å². The Bertz CT molecular complexity index is 891. The third kappa shape index (κ3) is 4.08. The fourth-order valence-corrected chi connectivity index (χ4v) is 4.33. The number of rotatable bonds is 5. The summed E-state index contributed by atoms with van der Waals surface area (Å²) >= 11 is 7.77. The van der Waals surface area contributed by atoms with E-state index >= 15 is 0 Å². The Hall–Kier alpha value is -2.15. The molecular weight excluding hydrogens is 380 g/mol. The Morgan fingerprint density at radius 1 is 1.04 bits per heavy atom. The van der Waals surface area contributed by atoms with Gasteiger partial charge in [0.05, 0.1) is 17.7 Å². The highest BCUT2D eigenvalue weighted by atomic mass is 35.5. The summed E-state index contributed by atoms with van der Waals surface area (Å²) in [4.78, 5) is 5.90. The molecule has 4 rings (SSSR count). The maximum atomic E-state index is 6.36. The van der Waals surface area contributed by atoms with Gasteiger partial charge in [-0.05, 0) is 41.9 Å². The van der Waals surface area contributed by atoms with Crippen molar-refractivity contribution in [3.8, 4) is 16.2 Å². The molecule has 0 unspecified atom stereocenters. The van der Waals surface area contributed by atoms with Crippen molar-refractivity contribution in [3.63, 3.8) is 0 Å². The van der Waals surface area contributed by atoms with Gasteiger partial charge in [-0.1, -0.05) is 34.3 Å². The second-order valence-corrected chi connectivity index (χ2v) is 7.65. The molecular formula is C20H21ClN4OS. The van der Waals surface area contributed by atoms with Crippen molar-refractivity contribution < 1.29 is 4.74 Å². The second kappa shape index (κ2) is 8.25. The van der Waals surface area contributed by atoms with Gasteiger partial charge < -0.3 is 9.64 Å². The van der Waals surface area contributed by atoms with Crippen LogP contribution >= 0.6 is 23.1 Å². The van der Waals surface area contributed by atoms with Crippen LogP contribution in [0.25, 0.3) is 10.4 Å². The largest absolute Gasteiger partial charge is 0.497 e. The van der Waals surface area contributed by atoms with E-state index in [4.69, 9.17) is 16.3 Å². The number of piperazine rings is 1. The molecule has 27 heavy (non-hydrogen) atoms. The number of halogens is 1. The summed E-state index contributed by atoms with van der Waals surface area (Å²) in [6, 6.07) is 16.1. The summed E-state index contributed by atoms with van der Waals surface area (Å²) in [6.45, 7) is 4.77. The molecule has 1 saturated heterocycles. The summed E-state index contributed by atoms with van der Waals surface area (Å²) in [5, 5.41) is 5.11. The third-order valence-electron chi connectivity index (χ3n) is 4.86. The molecule has 0 atom stereocenters. The van der Waals surface area contributed by atoms with Crippen molar-refractivity contribution in [1.29, 1.82) is 0 Å². The average molecular weight is 401 g/mol. The first-order chi connectivity index (χ1) is 13.2. The minimum Gasteiger partial charge on any atom is -0.497 e. The summed E-state index contributed by atoms with van der Waals surface area (Å²) in [5.74, 6) is 0.889. The molecule has 7 heteroatoms. The molecule has 1 aromatic heterocycles. The van der Waals surface area contributed by atoms with E-state index in [1.54, 1.807) is 7.11 Å². The van der Waals surface area contributed by atoms with Gasteiger partial charge in [0.15, 0.2) is 0 Å². The molecule has 3 aromatic rings. The molecule has 0 radical (unpaired) electrons. The number of nitrogens with zero attached hydrogens (tertiary/aromatic N) is 4. The number of anilines is 1. The third-order valence-corrected chi connectivity index (χ3v) is 5.99. The highest BCUT2D eigenvalue weighted by molar-refractivity contribution is 7.09. The van der Waals surface area contributed by atoms with Gasteiger partial charge >= 0.3 is 0 Å². The first kappa shape index (κ1) is 18.2. The van der Waals surface area contributed by atoms with Gasteiger partial charge in [-0.25, -0.2) is 0 Å². The minimum atomic E-state index is 0.745. The van der Waals surface area contributed by atoms with Gasteiger partial charge in [0.25, 0.3) is 0 Å². The molecule has 2 heterocycles. The van der Waals surface area contributed by atoms with Crippen molar-refractivity contribution in [1.82, 2.24) is 14.5 Å². The molecule has 0 N–H and O–H groups in total. The number of hydrogen-bond donors (Lipinski definition) is 0. The highest BCUT2D eigenvalue weighted by Gasteiger charge is 2.21. The van der Waals surface area contributed by atoms with E-state index < -0.39 is 0 Å². The summed E-state index contributed by atoms with van der Waals surface area (Å²) in [5.41, 5.74) is 3.26. The standard InChI is InChI=1S/C20H21ClN4OS/c1-26-16-8-6-15(7-9-16)25-12-10-24(11-13-25)14-19-20(27-23-22-19)17-4-2-3-5-18(17)21/h2-9H,10-14H2,1H3. The SMILES string of the molecule is COc1ccc(N2CCN(Cc3nnsc3-c3ccccc3Cl)CC2)cc1. The van der Waals surface area contributed by atoms with E-state index in [1.807, 2.05) is 36.4 Å². The lowest BCUT2D eigenvalue weighted by atomic mass is 10.1. The van der Waals surface area contributed by atoms with Gasteiger partial charge in [0.2, 0.25) is 0 Å². The van der Waals surface area contributed by atoms with E-state index in [2.05, 4.69) is 31.5 Å². The monoisotopic (exact) mass is 400 g/mol. The molecule has 0 amide bonds. The molecule has 0 spiro atoms. The molecule has 5 nitrogen and oxygen atoms in total. The zero-order chi connectivity index (χ0) is 18.6. The van der Waals surface area contributed by atoms with Gasteiger partial charge in [0, 0.05) is 49.0 Å². The fraction of sp³-hybridized carbons (Fsp3) is 0.300. The second-order valence-electron chi connectivity index (χ2n) is 6.49. The van der Waals surface area contributed by atoms with Crippen molar-refractivity contribution in [2.75, 3.05) is 38.2 Å². The summed E-state index contributed by atoms with van der Waals surface area (Å²) < 4.78 is 9.41. The normalized spacial score (nSPS) is 15.1. The van der Waals surface area contributed by atoms with Crippen molar-refractivity contribution in [2.24, 2.45) is 0 Å². The Morgan fingerprint density at radius 3 is 2.48 bits per heavy atom. The van der Waals surface area contributed by atoms with Crippen LogP contribution in [-0.2, 0) is 6.54 Å². The van der Waals surface area contributed by atoms with E-state index in [-0.39, 0.29) is 0 Å². The first-order valence-electron chi connectivity index (χ1n) is 8.92. The van der Waals surface area contributed by atoms with Crippen molar-refractivity contribution in [2.45, 2.75) is 6.54 Å². The number of ether oxygens (including phenoxy) is 1. The zero-order valence-electron chi connectivity index (χ0n) is 15.1. The lowest BCUT2D eigenvalue weighted by Gasteiger charge is -2.35. The minimum absolute atomic E-state index is 0.745.